The minimum absolute atomic E-state index is 0.847. The van der Waals surface area contributed by atoms with E-state index in [1.165, 1.54) is 11.1 Å². The second-order valence-electron chi connectivity index (χ2n) is 3.66. The highest BCUT2D eigenvalue weighted by Crippen LogP contribution is 2.19. The van der Waals surface area contributed by atoms with Gasteiger partial charge in [0, 0.05) is 0 Å². The summed E-state index contributed by atoms with van der Waals surface area (Å²) in [6, 6.07) is 18.5. The summed E-state index contributed by atoms with van der Waals surface area (Å²) in [4.78, 5) is 0. The molecule has 0 bridgehead atoms. The minimum Gasteiger partial charge on any atom is -0.323 e. The van der Waals surface area contributed by atoms with Gasteiger partial charge in [0.05, 0.1) is 5.71 Å². The van der Waals surface area contributed by atoms with Gasteiger partial charge in [0.15, 0.2) is 0 Å². The van der Waals surface area contributed by atoms with E-state index in [-0.39, 0.29) is 0 Å². The van der Waals surface area contributed by atoms with E-state index >= 15 is 0 Å². The lowest BCUT2D eigenvalue weighted by Crippen LogP contribution is -1.98. The van der Waals surface area contributed by atoms with Crippen LogP contribution in [0.15, 0.2) is 59.7 Å². The van der Waals surface area contributed by atoms with Crippen LogP contribution < -0.4 is 5.84 Å². The Bertz CT molecular complexity index is 484. The molecule has 0 aromatic heterocycles. The lowest BCUT2D eigenvalue weighted by Gasteiger charge is -2.03. The third-order valence-electron chi connectivity index (χ3n) is 2.60. The van der Waals surface area contributed by atoms with Crippen LogP contribution in [-0.2, 0) is 0 Å². The maximum Gasteiger partial charge on any atom is 0.0641 e. The number of rotatable bonds is 2. The van der Waals surface area contributed by atoms with E-state index in [0.717, 1.165) is 11.3 Å². The summed E-state index contributed by atoms with van der Waals surface area (Å²) < 4.78 is 0. The zero-order valence-corrected chi connectivity index (χ0v) is 9.22. The third-order valence-corrected chi connectivity index (χ3v) is 2.60. The highest BCUT2D eigenvalue weighted by atomic mass is 15.1. The average Bonchev–Trinajstić information content (AvgIpc) is 2.39. The van der Waals surface area contributed by atoms with Crippen molar-refractivity contribution in [3.05, 3.63) is 60.2 Å². The van der Waals surface area contributed by atoms with E-state index < -0.39 is 0 Å². The molecular weight excluding hydrogens is 196 g/mol. The summed E-state index contributed by atoms with van der Waals surface area (Å²) in [5.74, 6) is 5.24. The SMILES string of the molecule is CC(=NN)c1ccc(-c2ccccc2)cc1. The summed E-state index contributed by atoms with van der Waals surface area (Å²) in [6.07, 6.45) is 0. The molecule has 2 aromatic rings. The maximum atomic E-state index is 5.24. The first-order valence-corrected chi connectivity index (χ1v) is 5.21. The van der Waals surface area contributed by atoms with E-state index in [0.29, 0.717) is 0 Å². The van der Waals surface area contributed by atoms with Gasteiger partial charge in [0.1, 0.15) is 0 Å². The van der Waals surface area contributed by atoms with Crippen LogP contribution in [0.3, 0.4) is 0 Å². The smallest absolute Gasteiger partial charge is 0.0641 e. The molecule has 80 valence electrons. The molecule has 0 amide bonds. The standard InChI is InChI=1S/C14H14N2/c1-11(16-15)12-7-9-14(10-8-12)13-5-3-2-4-6-13/h2-10H,15H2,1H3. The molecule has 0 aliphatic rings. The molecule has 0 spiro atoms. The molecular formula is C14H14N2. The first-order valence-electron chi connectivity index (χ1n) is 5.21. The summed E-state index contributed by atoms with van der Waals surface area (Å²) >= 11 is 0. The molecule has 16 heavy (non-hydrogen) atoms. The lowest BCUT2D eigenvalue weighted by molar-refractivity contribution is 1.24. The van der Waals surface area contributed by atoms with Crippen LogP contribution in [0.1, 0.15) is 12.5 Å². The van der Waals surface area contributed by atoms with Crippen molar-refractivity contribution in [1.82, 2.24) is 0 Å². The lowest BCUT2D eigenvalue weighted by atomic mass is 10.0. The van der Waals surface area contributed by atoms with Crippen LogP contribution in [0.2, 0.25) is 0 Å². The maximum absolute atomic E-state index is 5.24. The molecule has 2 heteroatoms. The fraction of sp³-hybridized carbons (Fsp3) is 0.0714. The molecule has 2 rings (SSSR count). The highest BCUT2D eigenvalue weighted by molar-refractivity contribution is 5.98. The van der Waals surface area contributed by atoms with Crippen LogP contribution in [0.5, 0.6) is 0 Å². The second kappa shape index (κ2) is 4.62. The first-order chi connectivity index (χ1) is 7.81. The predicted molar refractivity (Wildman–Crippen MR) is 68.3 cm³/mol. The van der Waals surface area contributed by atoms with Crippen molar-refractivity contribution in [2.24, 2.45) is 10.9 Å². The molecule has 0 saturated heterocycles. The van der Waals surface area contributed by atoms with Gasteiger partial charge in [0.25, 0.3) is 0 Å². The Labute approximate surface area is 95.4 Å². The van der Waals surface area contributed by atoms with Gasteiger partial charge < -0.3 is 5.84 Å². The number of benzene rings is 2. The topological polar surface area (TPSA) is 38.4 Å². The number of hydrogen-bond donors (Lipinski definition) is 1. The van der Waals surface area contributed by atoms with E-state index in [4.69, 9.17) is 5.84 Å². The molecule has 2 aromatic carbocycles. The zero-order chi connectivity index (χ0) is 11.4. The van der Waals surface area contributed by atoms with Crippen molar-refractivity contribution in [3.8, 4) is 11.1 Å². The van der Waals surface area contributed by atoms with Crippen molar-refractivity contribution in [2.45, 2.75) is 6.92 Å². The number of nitrogens with zero attached hydrogens (tertiary/aromatic N) is 1. The van der Waals surface area contributed by atoms with Crippen LogP contribution in [-0.4, -0.2) is 5.71 Å². The summed E-state index contributed by atoms with van der Waals surface area (Å²) in [5, 5.41) is 3.68. The van der Waals surface area contributed by atoms with Crippen molar-refractivity contribution < 1.29 is 0 Å². The van der Waals surface area contributed by atoms with Crippen LogP contribution in [0.4, 0.5) is 0 Å². The van der Waals surface area contributed by atoms with E-state index in [1.807, 2.05) is 37.3 Å². The van der Waals surface area contributed by atoms with Gasteiger partial charge in [-0.2, -0.15) is 5.10 Å². The van der Waals surface area contributed by atoms with Crippen LogP contribution >= 0.6 is 0 Å². The molecule has 2 N–H and O–H groups in total. The molecule has 0 unspecified atom stereocenters. The fourth-order valence-corrected chi connectivity index (χ4v) is 1.61. The van der Waals surface area contributed by atoms with Crippen LogP contribution in [0, 0.1) is 0 Å². The molecule has 0 fully saturated rings. The third kappa shape index (κ3) is 2.11. The molecule has 0 radical (unpaired) electrons. The first kappa shape index (κ1) is 10.4. The average molecular weight is 210 g/mol. The molecule has 0 saturated carbocycles. The Morgan fingerprint density at radius 3 is 2.00 bits per heavy atom. The van der Waals surface area contributed by atoms with Gasteiger partial charge in [-0.15, -0.1) is 0 Å². The number of hydrogen-bond acceptors (Lipinski definition) is 2. The molecule has 0 aliphatic carbocycles. The van der Waals surface area contributed by atoms with Gasteiger partial charge >= 0.3 is 0 Å². The molecule has 0 atom stereocenters. The minimum atomic E-state index is 0.847. The Morgan fingerprint density at radius 2 is 1.44 bits per heavy atom. The molecule has 0 aliphatic heterocycles. The van der Waals surface area contributed by atoms with Crippen molar-refractivity contribution >= 4 is 5.71 Å². The van der Waals surface area contributed by atoms with Crippen molar-refractivity contribution in [2.75, 3.05) is 0 Å². The highest BCUT2D eigenvalue weighted by Gasteiger charge is 1.99. The predicted octanol–water partition coefficient (Wildman–Crippen LogP) is 3.04. The largest absolute Gasteiger partial charge is 0.323 e. The summed E-state index contributed by atoms with van der Waals surface area (Å²) in [5.41, 5.74) is 4.33. The Balaban J connectivity index is 2.34. The van der Waals surface area contributed by atoms with Crippen LogP contribution in [0.25, 0.3) is 11.1 Å². The Kier molecular flexibility index (Phi) is 3.01. The van der Waals surface area contributed by atoms with E-state index in [1.54, 1.807) is 0 Å². The second-order valence-corrected chi connectivity index (χ2v) is 3.66. The quantitative estimate of drug-likeness (QED) is 0.462. The van der Waals surface area contributed by atoms with E-state index in [9.17, 15) is 0 Å². The zero-order valence-electron chi connectivity index (χ0n) is 9.22. The fourth-order valence-electron chi connectivity index (χ4n) is 1.61. The van der Waals surface area contributed by atoms with E-state index in [2.05, 4.69) is 29.4 Å². The van der Waals surface area contributed by atoms with Gasteiger partial charge in [-0.05, 0) is 23.6 Å². The van der Waals surface area contributed by atoms with Gasteiger partial charge in [-0.1, -0.05) is 54.6 Å². The summed E-state index contributed by atoms with van der Waals surface area (Å²) in [7, 11) is 0. The monoisotopic (exact) mass is 210 g/mol. The van der Waals surface area contributed by atoms with Crippen molar-refractivity contribution in [1.29, 1.82) is 0 Å². The van der Waals surface area contributed by atoms with Crippen molar-refractivity contribution in [3.63, 3.8) is 0 Å². The van der Waals surface area contributed by atoms with Gasteiger partial charge in [-0.3, -0.25) is 0 Å². The normalized spacial score (nSPS) is 11.4. The number of hydrazone groups is 1. The summed E-state index contributed by atoms with van der Waals surface area (Å²) in [6.45, 7) is 1.90. The molecule has 0 heterocycles. The molecule has 2 nitrogen and oxygen atoms in total. The number of nitrogens with two attached hydrogens (primary N) is 1. The Morgan fingerprint density at radius 1 is 0.875 bits per heavy atom. The Hall–Kier alpha value is -2.09. The van der Waals surface area contributed by atoms with Gasteiger partial charge in [0.2, 0.25) is 0 Å². The van der Waals surface area contributed by atoms with Gasteiger partial charge in [-0.25, -0.2) is 0 Å².